The van der Waals surface area contributed by atoms with Gasteiger partial charge in [0, 0.05) is 12.7 Å². The number of anilines is 1. The van der Waals surface area contributed by atoms with Crippen molar-refractivity contribution in [1.29, 1.82) is 0 Å². The number of hydrogen-bond acceptors (Lipinski definition) is 8. The van der Waals surface area contributed by atoms with Crippen LogP contribution in [0.4, 0.5) is 10.7 Å². The molecule has 1 amide bonds. The second-order valence-corrected chi connectivity index (χ2v) is 8.32. The molecule has 9 heteroatoms. The molecule has 0 radical (unpaired) electrons. The highest BCUT2D eigenvalue weighted by atomic mass is 32.1. The van der Waals surface area contributed by atoms with Crippen LogP contribution in [0.2, 0.25) is 0 Å². The molecule has 2 aliphatic heterocycles. The molecule has 0 unspecified atom stereocenters. The minimum atomic E-state index is -0.481. The van der Waals surface area contributed by atoms with Gasteiger partial charge in [-0.25, -0.2) is 14.8 Å². The quantitative estimate of drug-likeness (QED) is 0.611. The van der Waals surface area contributed by atoms with Crippen molar-refractivity contribution < 1.29 is 19.0 Å². The number of carbonyl (C=O) groups excluding carboxylic acids is 1. The summed E-state index contributed by atoms with van der Waals surface area (Å²) in [7, 11) is 0. The molecule has 2 saturated heterocycles. The number of carbonyl (C=O) groups is 1. The van der Waals surface area contributed by atoms with Gasteiger partial charge in [0.25, 0.3) is 0 Å². The lowest BCUT2D eigenvalue weighted by atomic mass is 10.1. The summed E-state index contributed by atoms with van der Waals surface area (Å²) < 4.78 is 17.3. The van der Waals surface area contributed by atoms with Crippen LogP contribution in [0.5, 0.6) is 0 Å². The Bertz CT molecular complexity index is 1020. The number of aromatic nitrogens is 2. The van der Waals surface area contributed by atoms with Gasteiger partial charge in [-0.2, -0.15) is 0 Å². The highest BCUT2D eigenvalue weighted by molar-refractivity contribution is 7.13. The van der Waals surface area contributed by atoms with Gasteiger partial charge in [0.15, 0.2) is 6.10 Å². The average molecular weight is 439 g/mol. The van der Waals surface area contributed by atoms with Gasteiger partial charge >= 0.3 is 6.09 Å². The molecule has 2 aromatic heterocycles. The number of fused-ring (bicyclic) bond motifs is 1. The minimum absolute atomic E-state index is 0.121. The van der Waals surface area contributed by atoms with Crippen LogP contribution < -0.4 is 10.6 Å². The molecule has 2 aliphatic rings. The maximum absolute atomic E-state index is 12.2. The van der Waals surface area contributed by atoms with Gasteiger partial charge in [0.1, 0.15) is 12.2 Å². The van der Waals surface area contributed by atoms with E-state index in [4.69, 9.17) is 14.2 Å². The summed E-state index contributed by atoms with van der Waals surface area (Å²) in [5.41, 5.74) is 1.87. The van der Waals surface area contributed by atoms with E-state index in [1.165, 1.54) is 0 Å². The second-order valence-electron chi connectivity index (χ2n) is 7.37. The lowest BCUT2D eigenvalue weighted by Crippen LogP contribution is -2.39. The predicted molar refractivity (Wildman–Crippen MR) is 116 cm³/mol. The first kappa shape index (κ1) is 19.9. The number of benzene rings is 1. The van der Waals surface area contributed by atoms with E-state index in [1.807, 2.05) is 53.9 Å². The van der Waals surface area contributed by atoms with Crippen LogP contribution in [0.3, 0.4) is 0 Å². The summed E-state index contributed by atoms with van der Waals surface area (Å²) in [4.78, 5) is 22.2. The number of alkyl carbamates (subject to hydrolysis) is 1. The molecule has 3 aromatic rings. The van der Waals surface area contributed by atoms with Crippen molar-refractivity contribution in [3.05, 3.63) is 65.7 Å². The van der Waals surface area contributed by atoms with Crippen LogP contribution in [0.1, 0.15) is 5.56 Å². The van der Waals surface area contributed by atoms with E-state index >= 15 is 0 Å². The van der Waals surface area contributed by atoms with Crippen molar-refractivity contribution in [1.82, 2.24) is 15.3 Å². The van der Waals surface area contributed by atoms with Gasteiger partial charge < -0.3 is 24.8 Å². The maximum atomic E-state index is 12.2. The zero-order valence-corrected chi connectivity index (χ0v) is 17.5. The highest BCUT2D eigenvalue weighted by Gasteiger charge is 2.49. The van der Waals surface area contributed by atoms with E-state index in [2.05, 4.69) is 20.6 Å². The lowest BCUT2D eigenvalue weighted by molar-refractivity contribution is 0.00431. The van der Waals surface area contributed by atoms with Crippen LogP contribution in [-0.4, -0.2) is 53.6 Å². The topological polar surface area (TPSA) is 94.6 Å². The molecule has 160 valence electrons. The van der Waals surface area contributed by atoms with Gasteiger partial charge in [-0.05, 0) is 23.1 Å². The molecule has 0 saturated carbocycles. The number of nitrogens with zero attached hydrogens (tertiary/aromatic N) is 2. The van der Waals surface area contributed by atoms with Crippen LogP contribution in [0.25, 0.3) is 10.6 Å². The Kier molecular flexibility index (Phi) is 5.79. The number of ether oxygens (including phenoxy) is 3. The van der Waals surface area contributed by atoms with E-state index in [-0.39, 0.29) is 18.2 Å². The summed E-state index contributed by atoms with van der Waals surface area (Å²) in [6.07, 6.45) is 0.244. The largest absolute Gasteiger partial charge is 0.441 e. The Labute approximate surface area is 183 Å². The van der Waals surface area contributed by atoms with Crippen LogP contribution in [0, 0.1) is 0 Å². The van der Waals surface area contributed by atoms with E-state index in [0.717, 1.165) is 16.1 Å². The minimum Gasteiger partial charge on any atom is -0.441 e. The van der Waals surface area contributed by atoms with Crippen LogP contribution >= 0.6 is 11.3 Å². The second kappa shape index (κ2) is 9.01. The molecule has 0 bridgehead atoms. The number of hydrogen-bond donors (Lipinski definition) is 2. The van der Waals surface area contributed by atoms with Gasteiger partial charge in [0.2, 0.25) is 5.95 Å². The summed E-state index contributed by atoms with van der Waals surface area (Å²) in [6.45, 7) is 1.13. The molecule has 4 atom stereocenters. The van der Waals surface area contributed by atoms with E-state index < -0.39 is 12.2 Å². The summed E-state index contributed by atoms with van der Waals surface area (Å²) in [6, 6.07) is 15.5. The Balaban J connectivity index is 1.16. The third kappa shape index (κ3) is 4.53. The maximum Gasteiger partial charge on any atom is 0.407 e. The Morgan fingerprint density at radius 3 is 2.81 bits per heavy atom. The molecule has 1 aromatic carbocycles. The Hall–Kier alpha value is -3.01. The van der Waals surface area contributed by atoms with Crippen molar-refractivity contribution in [3.63, 3.8) is 0 Å². The lowest BCUT2D eigenvalue weighted by Gasteiger charge is -2.18. The summed E-state index contributed by atoms with van der Waals surface area (Å²) >= 11 is 1.63. The Morgan fingerprint density at radius 1 is 1.10 bits per heavy atom. The van der Waals surface area contributed by atoms with Crippen LogP contribution in [0.15, 0.2) is 60.1 Å². The van der Waals surface area contributed by atoms with Crippen molar-refractivity contribution in [3.8, 4) is 10.6 Å². The fourth-order valence-corrected chi connectivity index (χ4v) is 4.49. The van der Waals surface area contributed by atoms with Crippen molar-refractivity contribution in [2.75, 3.05) is 18.5 Å². The Morgan fingerprint density at radius 2 is 1.97 bits per heavy atom. The first-order chi connectivity index (χ1) is 15.3. The fraction of sp³-hybridized carbons (Fsp3) is 0.318. The van der Waals surface area contributed by atoms with Gasteiger partial charge in [-0.15, -0.1) is 11.3 Å². The predicted octanol–water partition coefficient (Wildman–Crippen LogP) is 3.08. The van der Waals surface area contributed by atoms with Gasteiger partial charge in [-0.3, -0.25) is 0 Å². The van der Waals surface area contributed by atoms with Gasteiger partial charge in [0.05, 0.1) is 29.8 Å². The molecule has 2 fully saturated rings. The summed E-state index contributed by atoms with van der Waals surface area (Å²) in [5, 5.41) is 8.10. The first-order valence-electron chi connectivity index (χ1n) is 10.1. The first-order valence-corrected chi connectivity index (χ1v) is 11.0. The molecule has 0 spiro atoms. The standard InChI is InChI=1S/C22H22N4O4S/c27-22(24-11-14-5-2-1-3-6-14)30-17-13-29-19-16(12-28-20(17)19)26-21-23-9-8-15(25-21)18-7-4-10-31-18/h1-10,16-17,19-20H,11-13H2,(H,24,27)(H,23,25,26)/t16-,17-,19-,20+/m0/s1. The molecule has 4 heterocycles. The number of rotatable bonds is 6. The van der Waals surface area contributed by atoms with E-state index in [9.17, 15) is 4.79 Å². The van der Waals surface area contributed by atoms with Crippen molar-refractivity contribution in [2.45, 2.75) is 30.9 Å². The normalized spacial score (nSPS) is 24.5. The highest BCUT2D eigenvalue weighted by Crippen LogP contribution is 2.31. The van der Waals surface area contributed by atoms with E-state index in [0.29, 0.717) is 25.7 Å². The molecular formula is C22H22N4O4S. The smallest absolute Gasteiger partial charge is 0.407 e. The van der Waals surface area contributed by atoms with Crippen molar-refractivity contribution >= 4 is 23.4 Å². The fourth-order valence-electron chi connectivity index (χ4n) is 3.79. The van der Waals surface area contributed by atoms with Gasteiger partial charge in [-0.1, -0.05) is 36.4 Å². The number of nitrogens with one attached hydrogen (secondary N) is 2. The monoisotopic (exact) mass is 438 g/mol. The summed E-state index contributed by atoms with van der Waals surface area (Å²) in [5.74, 6) is 0.522. The molecule has 8 nitrogen and oxygen atoms in total. The molecule has 31 heavy (non-hydrogen) atoms. The molecule has 5 rings (SSSR count). The average Bonchev–Trinajstić information content (AvgIpc) is 3.54. The van der Waals surface area contributed by atoms with Crippen LogP contribution in [-0.2, 0) is 20.8 Å². The van der Waals surface area contributed by atoms with E-state index in [1.54, 1.807) is 17.5 Å². The zero-order chi connectivity index (χ0) is 21.0. The number of thiophene rings is 1. The SMILES string of the molecule is O=C(NCc1ccccc1)O[C@H]1CO[C@@H]2[C@@H]1OC[C@@H]2Nc1nccc(-c2cccs2)n1. The molecule has 0 aliphatic carbocycles. The third-order valence-corrected chi connectivity index (χ3v) is 6.18. The molecular weight excluding hydrogens is 416 g/mol. The number of amides is 1. The third-order valence-electron chi connectivity index (χ3n) is 5.29. The zero-order valence-electron chi connectivity index (χ0n) is 16.6. The molecule has 2 N–H and O–H groups in total. The van der Waals surface area contributed by atoms with Crippen molar-refractivity contribution in [2.24, 2.45) is 0 Å².